The van der Waals surface area contributed by atoms with Crippen LogP contribution in [-0.4, -0.2) is 30.8 Å². The zero-order chi connectivity index (χ0) is 14.1. The number of nitrogens with two attached hydrogens (primary N) is 2. The normalized spacial score (nSPS) is 10.8. The van der Waals surface area contributed by atoms with Gasteiger partial charge in [0.05, 0.1) is 23.8 Å². The van der Waals surface area contributed by atoms with E-state index >= 15 is 0 Å². The fraction of sp³-hybridized carbons (Fsp3) is 0. The van der Waals surface area contributed by atoms with E-state index in [0.717, 1.165) is 0 Å². The predicted molar refractivity (Wildman–Crippen MR) is 73.0 cm³/mol. The van der Waals surface area contributed by atoms with Gasteiger partial charge >= 0.3 is 0 Å². The van der Waals surface area contributed by atoms with Crippen molar-refractivity contribution in [1.82, 2.24) is 24.9 Å². The lowest BCUT2D eigenvalue weighted by Crippen LogP contribution is -2.13. The lowest BCUT2D eigenvalue weighted by molar-refractivity contribution is 0.100. The van der Waals surface area contributed by atoms with Crippen LogP contribution in [-0.2, 0) is 0 Å². The number of pyridine rings is 1. The Bertz CT molecular complexity index is 800. The molecular weight excluding hydrogens is 278 g/mol. The molecule has 0 fully saturated rings. The minimum absolute atomic E-state index is 0.234. The number of aromatic amines is 1. The molecule has 1 amide bonds. The number of nitrogens with one attached hydrogen (secondary N) is 1. The first-order valence-corrected chi connectivity index (χ1v) is 6.34. The van der Waals surface area contributed by atoms with Crippen LogP contribution in [0.15, 0.2) is 35.0 Å². The third kappa shape index (κ3) is 2.14. The number of imidazole rings is 1. The SMILES string of the molecule is NC(=O)c1cc(Sc2ncnc3nc[nH]c23)ncc1N. The molecule has 0 radical (unpaired) electrons. The summed E-state index contributed by atoms with van der Waals surface area (Å²) in [4.78, 5) is 30.6. The molecule has 20 heavy (non-hydrogen) atoms. The Morgan fingerprint density at radius 3 is 2.90 bits per heavy atom. The van der Waals surface area contributed by atoms with Crippen LogP contribution in [0.2, 0.25) is 0 Å². The molecule has 9 heteroatoms. The molecule has 3 rings (SSSR count). The van der Waals surface area contributed by atoms with Gasteiger partial charge in [0.2, 0.25) is 0 Å². The first-order chi connectivity index (χ1) is 9.65. The number of amides is 1. The number of anilines is 1. The first-order valence-electron chi connectivity index (χ1n) is 5.52. The smallest absolute Gasteiger partial charge is 0.250 e. The van der Waals surface area contributed by atoms with Crippen molar-refractivity contribution in [3.8, 4) is 0 Å². The molecule has 0 unspecified atom stereocenters. The number of primary amides is 1. The summed E-state index contributed by atoms with van der Waals surface area (Å²) in [5.74, 6) is -0.596. The summed E-state index contributed by atoms with van der Waals surface area (Å²) in [5, 5.41) is 1.21. The van der Waals surface area contributed by atoms with Gasteiger partial charge in [-0.05, 0) is 17.8 Å². The number of hydrogen-bond acceptors (Lipinski definition) is 7. The Hall–Kier alpha value is -2.68. The molecule has 0 saturated heterocycles. The molecule has 0 atom stereocenters. The Morgan fingerprint density at radius 1 is 1.25 bits per heavy atom. The Balaban J connectivity index is 2.01. The highest BCUT2D eigenvalue weighted by atomic mass is 32.2. The topological polar surface area (TPSA) is 136 Å². The van der Waals surface area contributed by atoms with Gasteiger partial charge in [0.15, 0.2) is 5.65 Å². The van der Waals surface area contributed by atoms with Gasteiger partial charge in [0, 0.05) is 0 Å². The van der Waals surface area contributed by atoms with Crippen LogP contribution in [0.1, 0.15) is 10.4 Å². The third-order valence-electron chi connectivity index (χ3n) is 2.56. The lowest BCUT2D eigenvalue weighted by atomic mass is 10.2. The van der Waals surface area contributed by atoms with Gasteiger partial charge in [-0.3, -0.25) is 4.79 Å². The summed E-state index contributed by atoms with van der Waals surface area (Å²) >= 11 is 1.27. The van der Waals surface area contributed by atoms with E-state index in [1.165, 1.54) is 36.7 Å². The van der Waals surface area contributed by atoms with Gasteiger partial charge < -0.3 is 16.5 Å². The maximum absolute atomic E-state index is 11.3. The molecule has 0 spiro atoms. The second-order valence-electron chi connectivity index (χ2n) is 3.86. The minimum Gasteiger partial charge on any atom is -0.397 e. The van der Waals surface area contributed by atoms with Crippen LogP contribution >= 0.6 is 11.8 Å². The van der Waals surface area contributed by atoms with E-state index in [0.29, 0.717) is 21.2 Å². The molecule has 0 aromatic carbocycles. The van der Waals surface area contributed by atoms with Gasteiger partial charge in [-0.15, -0.1) is 0 Å². The Labute approximate surface area is 117 Å². The van der Waals surface area contributed by atoms with Crippen LogP contribution in [0, 0.1) is 0 Å². The molecule has 0 aliphatic rings. The fourth-order valence-electron chi connectivity index (χ4n) is 1.64. The quantitative estimate of drug-likeness (QED) is 0.599. The van der Waals surface area contributed by atoms with Gasteiger partial charge in [-0.25, -0.2) is 19.9 Å². The Kier molecular flexibility index (Phi) is 2.95. The number of fused-ring (bicyclic) bond motifs is 1. The van der Waals surface area contributed by atoms with Crippen LogP contribution in [0.4, 0.5) is 5.69 Å². The maximum atomic E-state index is 11.3. The number of carbonyl (C=O) groups excluding carboxylic acids is 1. The molecule has 100 valence electrons. The highest BCUT2D eigenvalue weighted by Crippen LogP contribution is 2.29. The molecule has 8 nitrogen and oxygen atoms in total. The van der Waals surface area contributed by atoms with E-state index in [1.807, 2.05) is 0 Å². The van der Waals surface area contributed by atoms with Crippen LogP contribution < -0.4 is 11.5 Å². The van der Waals surface area contributed by atoms with Crippen LogP contribution in [0.3, 0.4) is 0 Å². The van der Waals surface area contributed by atoms with E-state index < -0.39 is 5.91 Å². The van der Waals surface area contributed by atoms with E-state index in [9.17, 15) is 4.79 Å². The molecular formula is C11H9N7OS. The second kappa shape index (κ2) is 4.78. The zero-order valence-electron chi connectivity index (χ0n) is 10.1. The van der Waals surface area contributed by atoms with Gasteiger partial charge in [0.25, 0.3) is 5.91 Å². The highest BCUT2D eigenvalue weighted by Gasteiger charge is 2.12. The first kappa shape index (κ1) is 12.4. The van der Waals surface area contributed by atoms with E-state index in [1.54, 1.807) is 0 Å². The van der Waals surface area contributed by atoms with Crippen molar-refractivity contribution in [3.05, 3.63) is 30.5 Å². The number of hydrogen-bond donors (Lipinski definition) is 3. The van der Waals surface area contributed by atoms with E-state index in [-0.39, 0.29) is 11.3 Å². The summed E-state index contributed by atoms with van der Waals surface area (Å²) in [5.41, 5.74) is 12.6. The summed E-state index contributed by atoms with van der Waals surface area (Å²) in [6, 6.07) is 1.53. The summed E-state index contributed by atoms with van der Waals surface area (Å²) in [6.45, 7) is 0. The summed E-state index contributed by atoms with van der Waals surface area (Å²) < 4.78 is 0. The Morgan fingerprint density at radius 2 is 2.10 bits per heavy atom. The summed E-state index contributed by atoms with van der Waals surface area (Å²) in [7, 11) is 0. The van der Waals surface area contributed by atoms with Crippen molar-refractivity contribution in [2.75, 3.05) is 5.73 Å². The monoisotopic (exact) mass is 287 g/mol. The molecule has 3 aromatic rings. The van der Waals surface area contributed by atoms with Crippen molar-refractivity contribution in [1.29, 1.82) is 0 Å². The molecule has 3 aromatic heterocycles. The maximum Gasteiger partial charge on any atom is 0.250 e. The number of H-pyrrole nitrogens is 1. The predicted octanol–water partition coefficient (Wildman–Crippen LogP) is 0.580. The number of nitrogens with zero attached hydrogens (tertiary/aromatic N) is 4. The van der Waals surface area contributed by atoms with Crippen molar-refractivity contribution < 1.29 is 4.79 Å². The van der Waals surface area contributed by atoms with E-state index in [2.05, 4.69) is 24.9 Å². The average molecular weight is 287 g/mol. The van der Waals surface area contributed by atoms with E-state index in [4.69, 9.17) is 11.5 Å². The second-order valence-corrected chi connectivity index (χ2v) is 4.87. The van der Waals surface area contributed by atoms with Crippen molar-refractivity contribution in [3.63, 3.8) is 0 Å². The molecule has 0 bridgehead atoms. The van der Waals surface area contributed by atoms with Gasteiger partial charge in [0.1, 0.15) is 21.9 Å². The van der Waals surface area contributed by atoms with Crippen LogP contribution in [0.25, 0.3) is 11.2 Å². The lowest BCUT2D eigenvalue weighted by Gasteiger charge is -2.04. The molecule has 5 N–H and O–H groups in total. The average Bonchev–Trinajstić information content (AvgIpc) is 2.90. The minimum atomic E-state index is -0.596. The summed E-state index contributed by atoms with van der Waals surface area (Å²) in [6.07, 6.45) is 4.35. The van der Waals surface area contributed by atoms with Crippen molar-refractivity contribution >= 4 is 34.5 Å². The highest BCUT2D eigenvalue weighted by molar-refractivity contribution is 7.99. The van der Waals surface area contributed by atoms with Gasteiger partial charge in [-0.2, -0.15) is 0 Å². The third-order valence-corrected chi connectivity index (χ3v) is 3.50. The number of aromatic nitrogens is 5. The number of rotatable bonds is 3. The van der Waals surface area contributed by atoms with Crippen molar-refractivity contribution in [2.45, 2.75) is 10.1 Å². The van der Waals surface area contributed by atoms with Crippen molar-refractivity contribution in [2.24, 2.45) is 5.73 Å². The molecule has 0 saturated carbocycles. The van der Waals surface area contributed by atoms with Crippen LogP contribution in [0.5, 0.6) is 0 Å². The fourth-order valence-corrected chi connectivity index (χ4v) is 2.47. The van der Waals surface area contributed by atoms with Gasteiger partial charge in [-0.1, -0.05) is 0 Å². The molecule has 0 aliphatic carbocycles. The largest absolute Gasteiger partial charge is 0.397 e. The standard InChI is InChI=1S/C11H9N7OS/c12-6-2-14-7(1-5(6)9(13)19)20-11-8-10(16-3-15-8)17-4-18-11/h1-4H,12H2,(H2,13,19)(H,15,16,17,18). The number of nitrogen functional groups attached to an aromatic ring is 1. The number of carbonyl (C=O) groups is 1. The zero-order valence-corrected chi connectivity index (χ0v) is 10.9. The molecule has 3 heterocycles. The molecule has 0 aliphatic heterocycles.